The molecule has 0 aromatic carbocycles. The highest BCUT2D eigenvalue weighted by molar-refractivity contribution is 4.92. The zero-order chi connectivity index (χ0) is 19.1. The van der Waals surface area contributed by atoms with Crippen LogP contribution in [0.3, 0.4) is 0 Å². The van der Waals surface area contributed by atoms with E-state index in [1.165, 1.54) is 0 Å². The smallest absolute Gasteiger partial charge is 0.104 e. The third-order valence-electron chi connectivity index (χ3n) is 4.55. The summed E-state index contributed by atoms with van der Waals surface area (Å²) in [4.78, 5) is 8.30. The van der Waals surface area contributed by atoms with Crippen molar-refractivity contribution in [3.8, 4) is 11.8 Å². The number of hydrogen-bond donors (Lipinski definition) is 0. The van der Waals surface area contributed by atoms with E-state index in [2.05, 4.69) is 48.2 Å². The van der Waals surface area contributed by atoms with E-state index in [4.69, 9.17) is 0 Å². The zero-order valence-corrected chi connectivity index (χ0v) is 16.1. The van der Waals surface area contributed by atoms with E-state index >= 15 is 0 Å². The molecule has 0 N–H and O–H groups in total. The SMILES string of the molecule is C=CCC1CCCC(OF)C1C(CC/C=C/C(C)C)OF.CC#CC. The molecule has 0 amide bonds. The van der Waals surface area contributed by atoms with Crippen LogP contribution >= 0.6 is 0 Å². The summed E-state index contributed by atoms with van der Waals surface area (Å²) < 4.78 is 25.8. The molecule has 4 heteroatoms. The van der Waals surface area contributed by atoms with Gasteiger partial charge in [-0.25, -0.2) is 0 Å². The standard InChI is InChI=1S/C17H28F2O2.C4H6/c1-4-8-14-10-7-12-16(21-19)17(14)15(20-18)11-6-5-9-13(2)3;1-3-4-2/h4-5,9,13-17H,1,6-8,10-12H2,2-3H3;1-2H3/b9-5+;. The summed E-state index contributed by atoms with van der Waals surface area (Å²) in [6.07, 6.45) is 9.21. The van der Waals surface area contributed by atoms with Crippen LogP contribution in [0.5, 0.6) is 0 Å². The van der Waals surface area contributed by atoms with Gasteiger partial charge in [0.05, 0.1) is 0 Å². The van der Waals surface area contributed by atoms with Crippen LogP contribution < -0.4 is 0 Å². The third-order valence-corrected chi connectivity index (χ3v) is 4.55. The van der Waals surface area contributed by atoms with Gasteiger partial charge in [0.2, 0.25) is 0 Å². The average Bonchev–Trinajstić information content (AvgIpc) is 2.62. The van der Waals surface area contributed by atoms with Gasteiger partial charge in [-0.05, 0) is 66.8 Å². The van der Waals surface area contributed by atoms with Gasteiger partial charge in [-0.2, -0.15) is 9.88 Å². The lowest BCUT2D eigenvalue weighted by Gasteiger charge is -2.38. The molecule has 1 rings (SSSR count). The summed E-state index contributed by atoms with van der Waals surface area (Å²) in [6, 6.07) is 0. The summed E-state index contributed by atoms with van der Waals surface area (Å²) >= 11 is 0. The van der Waals surface area contributed by atoms with Gasteiger partial charge < -0.3 is 0 Å². The molecule has 25 heavy (non-hydrogen) atoms. The maximum atomic E-state index is 13.0. The van der Waals surface area contributed by atoms with Gasteiger partial charge in [0.1, 0.15) is 12.2 Å². The molecule has 0 spiro atoms. The summed E-state index contributed by atoms with van der Waals surface area (Å²) in [5.41, 5.74) is 0. The van der Waals surface area contributed by atoms with Gasteiger partial charge >= 0.3 is 0 Å². The Labute approximate surface area is 152 Å². The first-order chi connectivity index (χ1) is 12.0. The van der Waals surface area contributed by atoms with Crippen LogP contribution in [-0.2, 0) is 9.88 Å². The molecule has 0 heterocycles. The van der Waals surface area contributed by atoms with E-state index in [9.17, 15) is 9.05 Å². The van der Waals surface area contributed by atoms with Gasteiger partial charge in [0.15, 0.2) is 0 Å². The van der Waals surface area contributed by atoms with Crippen molar-refractivity contribution in [1.29, 1.82) is 0 Å². The van der Waals surface area contributed by atoms with E-state index in [1.54, 1.807) is 0 Å². The van der Waals surface area contributed by atoms with Crippen molar-refractivity contribution in [3.63, 3.8) is 0 Å². The van der Waals surface area contributed by atoms with Crippen molar-refractivity contribution in [3.05, 3.63) is 24.8 Å². The van der Waals surface area contributed by atoms with Crippen molar-refractivity contribution in [2.75, 3.05) is 0 Å². The van der Waals surface area contributed by atoms with E-state index in [0.29, 0.717) is 18.8 Å². The second-order valence-electron chi connectivity index (χ2n) is 6.80. The van der Waals surface area contributed by atoms with Crippen molar-refractivity contribution in [1.82, 2.24) is 0 Å². The number of halogens is 2. The molecule has 0 saturated heterocycles. The van der Waals surface area contributed by atoms with Crippen molar-refractivity contribution >= 4 is 0 Å². The van der Waals surface area contributed by atoms with E-state index in [1.807, 2.05) is 26.0 Å². The molecule has 4 atom stereocenters. The van der Waals surface area contributed by atoms with Crippen LogP contribution in [-0.4, -0.2) is 12.2 Å². The molecule has 1 aliphatic rings. The number of rotatable bonds is 9. The lowest BCUT2D eigenvalue weighted by atomic mass is 9.72. The Bertz CT molecular complexity index is 417. The fraction of sp³-hybridized carbons (Fsp3) is 0.714. The minimum atomic E-state index is -0.618. The Morgan fingerprint density at radius 1 is 1.20 bits per heavy atom. The molecule has 4 unspecified atom stereocenters. The van der Waals surface area contributed by atoms with Crippen LogP contribution in [0.15, 0.2) is 24.8 Å². The molecule has 1 aliphatic carbocycles. The molecule has 0 aliphatic heterocycles. The number of allylic oxidation sites excluding steroid dienone is 3. The highest BCUT2D eigenvalue weighted by Crippen LogP contribution is 2.39. The minimum Gasteiger partial charge on any atom is -0.190 e. The van der Waals surface area contributed by atoms with Gasteiger partial charge in [-0.3, -0.25) is 0 Å². The van der Waals surface area contributed by atoms with Gasteiger partial charge in [0.25, 0.3) is 0 Å². The van der Waals surface area contributed by atoms with E-state index < -0.39 is 12.2 Å². The summed E-state index contributed by atoms with van der Waals surface area (Å²) in [5, 5.41) is 0. The Balaban J connectivity index is 0.00000129. The fourth-order valence-corrected chi connectivity index (χ4v) is 3.33. The highest BCUT2D eigenvalue weighted by Gasteiger charge is 2.40. The maximum absolute atomic E-state index is 13.0. The second-order valence-corrected chi connectivity index (χ2v) is 6.80. The number of hydrogen-bond acceptors (Lipinski definition) is 2. The van der Waals surface area contributed by atoms with E-state index in [0.717, 1.165) is 25.7 Å². The third kappa shape index (κ3) is 9.77. The Hall–Kier alpha value is -1.18. The van der Waals surface area contributed by atoms with Crippen molar-refractivity contribution in [2.24, 2.45) is 17.8 Å². The maximum Gasteiger partial charge on any atom is 0.104 e. The Morgan fingerprint density at radius 2 is 1.88 bits per heavy atom. The molecule has 1 saturated carbocycles. The van der Waals surface area contributed by atoms with Gasteiger partial charge in [0, 0.05) is 5.92 Å². The first kappa shape index (κ1) is 23.8. The van der Waals surface area contributed by atoms with Crippen LogP contribution in [0.1, 0.15) is 66.2 Å². The molecule has 0 bridgehead atoms. The average molecular weight is 356 g/mol. The summed E-state index contributed by atoms with van der Waals surface area (Å²) in [7, 11) is 0. The van der Waals surface area contributed by atoms with Crippen LogP contribution in [0, 0.1) is 29.6 Å². The quantitative estimate of drug-likeness (QED) is 0.345. The molecular weight excluding hydrogens is 322 g/mol. The normalized spacial score (nSPS) is 24.2. The highest BCUT2D eigenvalue weighted by atomic mass is 19.3. The second kappa shape index (κ2) is 15.1. The molecule has 0 radical (unpaired) electrons. The molecule has 1 fully saturated rings. The lowest BCUT2D eigenvalue weighted by Crippen LogP contribution is -2.41. The molecular formula is C21H34F2O2. The lowest BCUT2D eigenvalue weighted by molar-refractivity contribution is -0.263. The zero-order valence-electron chi connectivity index (χ0n) is 16.1. The predicted molar refractivity (Wildman–Crippen MR) is 99.9 cm³/mol. The van der Waals surface area contributed by atoms with Crippen molar-refractivity contribution < 1.29 is 18.9 Å². The molecule has 0 aromatic heterocycles. The van der Waals surface area contributed by atoms with E-state index in [-0.39, 0.29) is 11.8 Å². The topological polar surface area (TPSA) is 18.5 Å². The first-order valence-corrected chi connectivity index (χ1v) is 9.21. The van der Waals surface area contributed by atoms with Gasteiger partial charge in [-0.15, -0.1) is 18.4 Å². The van der Waals surface area contributed by atoms with Crippen LogP contribution in [0.25, 0.3) is 0 Å². The summed E-state index contributed by atoms with van der Waals surface area (Å²) in [5.74, 6) is 5.76. The summed E-state index contributed by atoms with van der Waals surface area (Å²) in [6.45, 7) is 11.6. The predicted octanol–water partition coefficient (Wildman–Crippen LogP) is 6.54. The van der Waals surface area contributed by atoms with Crippen LogP contribution in [0.2, 0.25) is 0 Å². The van der Waals surface area contributed by atoms with Crippen molar-refractivity contribution in [2.45, 2.75) is 78.4 Å². The largest absolute Gasteiger partial charge is 0.190 e. The molecule has 2 nitrogen and oxygen atoms in total. The Morgan fingerprint density at radius 3 is 2.36 bits per heavy atom. The van der Waals surface area contributed by atoms with Gasteiger partial charge in [-0.1, -0.05) is 38.5 Å². The molecule has 0 aromatic rings. The monoisotopic (exact) mass is 356 g/mol. The Kier molecular flexibility index (Phi) is 14.4. The minimum absolute atomic E-state index is 0.173. The molecule has 144 valence electrons. The fourth-order valence-electron chi connectivity index (χ4n) is 3.33. The first-order valence-electron chi connectivity index (χ1n) is 9.21. The van der Waals surface area contributed by atoms with Crippen LogP contribution in [0.4, 0.5) is 9.05 Å².